The highest BCUT2D eigenvalue weighted by Gasteiger charge is 2.52. The number of fused-ring (bicyclic) bond motifs is 1. The third-order valence-electron chi connectivity index (χ3n) is 5.22. The van der Waals surface area contributed by atoms with Crippen molar-refractivity contribution >= 4 is 5.91 Å². The topological polar surface area (TPSA) is 77.4 Å². The molecule has 0 N–H and O–H groups in total. The second-order valence-corrected chi connectivity index (χ2v) is 7.15. The summed E-state index contributed by atoms with van der Waals surface area (Å²) in [5.74, 6) is 0.292. The van der Waals surface area contributed by atoms with Crippen molar-refractivity contribution in [2.45, 2.75) is 13.5 Å². The first-order valence-electron chi connectivity index (χ1n) is 8.80. The van der Waals surface area contributed by atoms with Crippen LogP contribution in [0, 0.1) is 18.3 Å². The maximum Gasteiger partial charge on any atom is 0.255 e. The average Bonchev–Trinajstić information content (AvgIpc) is 3.19. The van der Waals surface area contributed by atoms with Crippen LogP contribution in [0.25, 0.3) is 0 Å². The lowest BCUT2D eigenvalue weighted by atomic mass is 9.82. The number of ether oxygens (including phenoxy) is 2. The molecule has 2 aromatic rings. The van der Waals surface area contributed by atoms with Crippen LogP contribution in [0.3, 0.4) is 0 Å². The predicted molar refractivity (Wildman–Crippen MR) is 93.3 cm³/mol. The summed E-state index contributed by atoms with van der Waals surface area (Å²) in [6, 6.07) is 7.62. The maximum absolute atomic E-state index is 12.7. The van der Waals surface area contributed by atoms with Crippen LogP contribution in [0.2, 0.25) is 0 Å². The number of rotatable bonds is 5. The average molecular weight is 354 g/mol. The standard InChI is InChI=1S/C19H22N4O3/c1-14-3-2-4-17(22-14)10-26-13-19-11-23(8-16(19)9-25-12-19)18(24)15-5-6-20-21-7-15/h2-7,16H,8-13H2,1H3/t16-,19+/m1/s1. The molecule has 2 fully saturated rings. The van der Waals surface area contributed by atoms with Gasteiger partial charge in [-0.3, -0.25) is 9.78 Å². The van der Waals surface area contributed by atoms with Crippen LogP contribution in [-0.2, 0) is 16.1 Å². The van der Waals surface area contributed by atoms with E-state index in [1.807, 2.05) is 30.0 Å². The molecule has 26 heavy (non-hydrogen) atoms. The van der Waals surface area contributed by atoms with Gasteiger partial charge in [0.05, 0.1) is 50.1 Å². The van der Waals surface area contributed by atoms with Crippen LogP contribution in [0.15, 0.2) is 36.7 Å². The lowest BCUT2D eigenvalue weighted by Crippen LogP contribution is -2.37. The maximum atomic E-state index is 12.7. The number of carbonyl (C=O) groups excluding carboxylic acids is 1. The van der Waals surface area contributed by atoms with Crippen molar-refractivity contribution in [3.05, 3.63) is 53.6 Å². The Hall–Kier alpha value is -2.38. The molecule has 0 bridgehead atoms. The second-order valence-electron chi connectivity index (χ2n) is 7.15. The van der Waals surface area contributed by atoms with Crippen LogP contribution >= 0.6 is 0 Å². The van der Waals surface area contributed by atoms with E-state index in [1.165, 1.54) is 6.20 Å². The fourth-order valence-corrected chi connectivity index (χ4v) is 3.83. The summed E-state index contributed by atoms with van der Waals surface area (Å²) in [6.45, 7) is 5.62. The number of pyridine rings is 1. The van der Waals surface area contributed by atoms with Gasteiger partial charge in [0.2, 0.25) is 0 Å². The molecule has 0 aromatic carbocycles. The van der Waals surface area contributed by atoms with Gasteiger partial charge in [-0.05, 0) is 25.1 Å². The molecule has 136 valence electrons. The highest BCUT2D eigenvalue weighted by Crippen LogP contribution is 2.42. The summed E-state index contributed by atoms with van der Waals surface area (Å²) in [7, 11) is 0. The first-order chi connectivity index (χ1) is 12.7. The Bertz CT molecular complexity index is 785. The quantitative estimate of drug-likeness (QED) is 0.809. The van der Waals surface area contributed by atoms with Crippen molar-refractivity contribution in [1.29, 1.82) is 0 Å². The molecule has 0 unspecified atom stereocenters. The SMILES string of the molecule is Cc1cccc(COC[C@]23COC[C@H]2CN(C(=O)c2ccnnc2)C3)n1. The smallest absolute Gasteiger partial charge is 0.255 e. The lowest BCUT2D eigenvalue weighted by Gasteiger charge is -2.26. The highest BCUT2D eigenvalue weighted by molar-refractivity contribution is 5.94. The molecule has 0 aliphatic carbocycles. The predicted octanol–water partition coefficient (Wildman–Crippen LogP) is 1.49. The molecule has 2 saturated heterocycles. The van der Waals surface area contributed by atoms with Crippen LogP contribution in [-0.4, -0.2) is 58.9 Å². The zero-order valence-electron chi connectivity index (χ0n) is 14.8. The van der Waals surface area contributed by atoms with E-state index >= 15 is 0 Å². The Balaban J connectivity index is 1.41. The van der Waals surface area contributed by atoms with E-state index in [4.69, 9.17) is 9.47 Å². The minimum absolute atomic E-state index is 0.00553. The summed E-state index contributed by atoms with van der Waals surface area (Å²) in [4.78, 5) is 19.1. The van der Waals surface area contributed by atoms with E-state index in [2.05, 4.69) is 15.2 Å². The van der Waals surface area contributed by atoms with Crippen LogP contribution in [0.4, 0.5) is 0 Å². The minimum Gasteiger partial charge on any atom is -0.380 e. The number of aryl methyl sites for hydroxylation is 1. The van der Waals surface area contributed by atoms with E-state index in [1.54, 1.807) is 12.3 Å². The third-order valence-corrected chi connectivity index (χ3v) is 5.22. The van der Waals surface area contributed by atoms with E-state index in [-0.39, 0.29) is 11.3 Å². The van der Waals surface area contributed by atoms with Gasteiger partial charge in [0.1, 0.15) is 0 Å². The lowest BCUT2D eigenvalue weighted by molar-refractivity contribution is 0.0174. The zero-order valence-corrected chi connectivity index (χ0v) is 14.8. The number of nitrogens with zero attached hydrogens (tertiary/aromatic N) is 4. The fraction of sp³-hybridized carbons (Fsp3) is 0.474. The molecule has 2 aliphatic heterocycles. The van der Waals surface area contributed by atoms with Gasteiger partial charge in [0.15, 0.2) is 0 Å². The normalized spacial score (nSPS) is 24.7. The molecular formula is C19H22N4O3. The Morgan fingerprint density at radius 1 is 1.38 bits per heavy atom. The molecule has 1 amide bonds. The number of hydrogen-bond donors (Lipinski definition) is 0. The van der Waals surface area contributed by atoms with Crippen molar-refractivity contribution in [3.63, 3.8) is 0 Å². The monoisotopic (exact) mass is 354 g/mol. The highest BCUT2D eigenvalue weighted by atomic mass is 16.5. The number of likely N-dealkylation sites (tertiary alicyclic amines) is 1. The summed E-state index contributed by atoms with van der Waals surface area (Å²) >= 11 is 0. The van der Waals surface area contributed by atoms with Crippen molar-refractivity contribution < 1.29 is 14.3 Å². The summed E-state index contributed by atoms with van der Waals surface area (Å²) in [6.07, 6.45) is 3.06. The van der Waals surface area contributed by atoms with E-state index in [0.717, 1.165) is 11.4 Å². The van der Waals surface area contributed by atoms with Gasteiger partial charge < -0.3 is 14.4 Å². The largest absolute Gasteiger partial charge is 0.380 e. The molecule has 0 spiro atoms. The summed E-state index contributed by atoms with van der Waals surface area (Å²) in [5, 5.41) is 7.54. The van der Waals surface area contributed by atoms with Crippen LogP contribution in [0.5, 0.6) is 0 Å². The first kappa shape index (κ1) is 17.1. The van der Waals surface area contributed by atoms with Crippen molar-refractivity contribution in [2.24, 2.45) is 11.3 Å². The third kappa shape index (κ3) is 3.32. The number of amides is 1. The Kier molecular flexibility index (Phi) is 4.65. The van der Waals surface area contributed by atoms with Crippen molar-refractivity contribution in [1.82, 2.24) is 20.1 Å². The van der Waals surface area contributed by atoms with Crippen LogP contribution < -0.4 is 0 Å². The summed E-state index contributed by atoms with van der Waals surface area (Å²) < 4.78 is 11.7. The van der Waals surface area contributed by atoms with Crippen LogP contribution in [0.1, 0.15) is 21.7 Å². The second kappa shape index (κ2) is 7.09. The van der Waals surface area contributed by atoms with E-state index in [9.17, 15) is 4.79 Å². The van der Waals surface area contributed by atoms with E-state index < -0.39 is 0 Å². The number of aromatic nitrogens is 3. The Morgan fingerprint density at radius 2 is 2.31 bits per heavy atom. The molecule has 7 nitrogen and oxygen atoms in total. The van der Waals surface area contributed by atoms with Crippen molar-refractivity contribution in [3.8, 4) is 0 Å². The number of hydrogen-bond acceptors (Lipinski definition) is 6. The molecule has 7 heteroatoms. The van der Waals surface area contributed by atoms with Crippen molar-refractivity contribution in [2.75, 3.05) is 32.9 Å². The van der Waals surface area contributed by atoms with Gasteiger partial charge in [-0.25, -0.2) is 0 Å². The van der Waals surface area contributed by atoms with Gasteiger partial charge >= 0.3 is 0 Å². The van der Waals surface area contributed by atoms with Gasteiger partial charge in [-0.15, -0.1) is 0 Å². The number of carbonyl (C=O) groups is 1. The first-order valence-corrected chi connectivity index (χ1v) is 8.80. The minimum atomic E-state index is -0.139. The molecule has 2 atom stereocenters. The van der Waals surface area contributed by atoms with Gasteiger partial charge in [0.25, 0.3) is 5.91 Å². The van der Waals surface area contributed by atoms with Gasteiger partial charge in [0, 0.05) is 30.1 Å². The fourth-order valence-electron chi connectivity index (χ4n) is 3.83. The zero-order chi connectivity index (χ0) is 18.0. The van der Waals surface area contributed by atoms with Gasteiger partial charge in [-0.1, -0.05) is 6.07 Å². The molecule has 4 rings (SSSR count). The Labute approximate surface area is 152 Å². The van der Waals surface area contributed by atoms with E-state index in [0.29, 0.717) is 51.0 Å². The van der Waals surface area contributed by atoms with Gasteiger partial charge in [-0.2, -0.15) is 10.2 Å². The summed E-state index contributed by atoms with van der Waals surface area (Å²) in [5.41, 5.74) is 2.33. The molecule has 4 heterocycles. The molecular weight excluding hydrogens is 332 g/mol. The molecule has 2 aliphatic rings. The Morgan fingerprint density at radius 3 is 3.12 bits per heavy atom. The molecule has 0 saturated carbocycles. The molecule has 0 radical (unpaired) electrons. The molecule has 2 aromatic heterocycles.